The van der Waals surface area contributed by atoms with Gasteiger partial charge in [0.25, 0.3) is 5.69 Å². The number of phenolic OH excluding ortho intramolecular Hbond substituents is 1. The second-order valence-electron chi connectivity index (χ2n) is 28.0. The number of allylic oxidation sites excluding steroid dienone is 3. The maximum atomic E-state index is 11.6. The number of likely N-dealkylation sites (N-methyl/N-ethyl adjacent to an activating group) is 2. The molecule has 106 heavy (non-hydrogen) atoms. The lowest BCUT2D eigenvalue weighted by Gasteiger charge is -2.38. The molecular weight excluding hydrogens is 1340 g/mol. The van der Waals surface area contributed by atoms with Crippen LogP contribution < -0.4 is 9.08 Å². The summed E-state index contributed by atoms with van der Waals surface area (Å²) >= 11 is 0. The van der Waals surface area contributed by atoms with E-state index in [1.807, 2.05) is 78.9 Å². The Kier molecular flexibility index (Phi) is 29.8. The molecule has 0 aliphatic carbocycles. The van der Waals surface area contributed by atoms with Crippen LogP contribution in [0.2, 0.25) is 0 Å². The van der Waals surface area contributed by atoms with E-state index < -0.39 is 10.1 Å². The summed E-state index contributed by atoms with van der Waals surface area (Å²) in [5.41, 5.74) is 20.2. The Bertz CT molecular complexity index is 4390. The fraction of sp³-hybridized carbons (Fsp3) is 0.326. The lowest BCUT2D eigenvalue weighted by Crippen LogP contribution is -2.48. The van der Waals surface area contributed by atoms with E-state index in [2.05, 4.69) is 179 Å². The first-order valence-corrected chi connectivity index (χ1v) is 39.1. The number of nitro benzene ring substituents is 1. The molecule has 4 N–H and O–H groups in total. The summed E-state index contributed by atoms with van der Waals surface area (Å²) in [6.07, 6.45) is 5.21. The molecule has 556 valence electrons. The lowest BCUT2D eigenvalue weighted by atomic mass is 9.87. The molecule has 3 saturated heterocycles. The Labute approximate surface area is 628 Å². The maximum Gasteiger partial charge on any atom is 0.306 e. The van der Waals surface area contributed by atoms with Gasteiger partial charge in [0.15, 0.2) is 0 Å². The van der Waals surface area contributed by atoms with Crippen molar-refractivity contribution in [3.63, 3.8) is 0 Å². The van der Waals surface area contributed by atoms with Crippen molar-refractivity contribution >= 4 is 54.9 Å². The number of aliphatic hydroxyl groups excluding tert-OH is 3. The fourth-order valence-electron chi connectivity index (χ4n) is 14.1. The smallest absolute Gasteiger partial charge is 0.306 e. The SMILES string of the molecule is CC(C)N1CCN(c2ccc(/C(=C(/CCCO)c3ccccc3)c3ccc(OS(C)(=O)=O)cc3)cc2)CC1.CN1CCN(Cc2ccc(/C(=C(/CCCO)c3ccccc3)c3ccc(O)cc3)cc2)CC1.CN1CCN(Cc2ccc(/C(=C(/CCCO)c3ccccc3)c3ccc([N+](=O)[O-])cc3)cc2)CC1. The number of rotatable bonds is 27. The van der Waals surface area contributed by atoms with Gasteiger partial charge in [0, 0.05) is 135 Å². The van der Waals surface area contributed by atoms with Crippen LogP contribution in [0.5, 0.6) is 11.5 Å². The molecule has 0 amide bonds. The average Bonchev–Trinajstić information content (AvgIpc) is 0.801. The highest BCUT2D eigenvalue weighted by atomic mass is 32.2. The van der Waals surface area contributed by atoms with E-state index in [-0.39, 0.29) is 41.9 Å². The van der Waals surface area contributed by atoms with E-state index >= 15 is 0 Å². The summed E-state index contributed by atoms with van der Waals surface area (Å²) in [6.45, 7) is 19.7. The van der Waals surface area contributed by atoms with Gasteiger partial charge in [-0.25, -0.2) is 0 Å². The molecule has 0 saturated carbocycles. The van der Waals surface area contributed by atoms with Crippen molar-refractivity contribution in [1.82, 2.24) is 24.5 Å². The Morgan fingerprint density at radius 1 is 0.425 bits per heavy atom. The highest BCUT2D eigenvalue weighted by Crippen LogP contribution is 2.40. The van der Waals surface area contributed by atoms with Crippen LogP contribution in [0.1, 0.15) is 114 Å². The number of phenols is 1. The van der Waals surface area contributed by atoms with E-state index in [1.54, 1.807) is 36.4 Å². The van der Waals surface area contributed by atoms with E-state index in [4.69, 9.17) is 4.18 Å². The van der Waals surface area contributed by atoms with Crippen LogP contribution in [0.15, 0.2) is 237 Å². The Morgan fingerprint density at radius 3 is 1.07 bits per heavy atom. The number of anilines is 1. The van der Waals surface area contributed by atoms with E-state index in [9.17, 15) is 39.0 Å². The molecule has 3 heterocycles. The summed E-state index contributed by atoms with van der Waals surface area (Å²) in [5, 5.41) is 49.9. The van der Waals surface area contributed by atoms with Crippen molar-refractivity contribution in [2.45, 2.75) is 71.5 Å². The molecule has 3 aliphatic heterocycles. The van der Waals surface area contributed by atoms with Crippen LogP contribution in [0, 0.1) is 10.1 Å². The van der Waals surface area contributed by atoms with Crippen LogP contribution in [-0.2, 0) is 23.2 Å². The number of non-ortho nitro benzene ring substituents is 1. The van der Waals surface area contributed by atoms with Gasteiger partial charge in [0.1, 0.15) is 11.5 Å². The number of nitro groups is 1. The highest BCUT2D eigenvalue weighted by molar-refractivity contribution is 7.86. The second-order valence-corrected chi connectivity index (χ2v) is 29.6. The first-order chi connectivity index (χ1) is 51.4. The maximum absolute atomic E-state index is 11.6. The van der Waals surface area contributed by atoms with Gasteiger partial charge in [-0.1, -0.05) is 176 Å². The van der Waals surface area contributed by atoms with Gasteiger partial charge < -0.3 is 39.3 Å². The summed E-state index contributed by atoms with van der Waals surface area (Å²) in [5.74, 6) is 0.542. The molecule has 0 bridgehead atoms. The van der Waals surface area contributed by atoms with Crippen LogP contribution in [0.4, 0.5) is 11.4 Å². The predicted molar refractivity (Wildman–Crippen MR) is 433 cm³/mol. The van der Waals surface area contributed by atoms with Crippen LogP contribution in [0.25, 0.3) is 33.4 Å². The summed E-state index contributed by atoms with van der Waals surface area (Å²) in [6, 6.07) is 79.1. The molecule has 9 aromatic rings. The Morgan fingerprint density at radius 2 is 0.745 bits per heavy atom. The van der Waals surface area contributed by atoms with Crippen molar-refractivity contribution in [3.05, 3.63) is 308 Å². The monoisotopic (exact) mass is 1450 g/mol. The van der Waals surface area contributed by atoms with Crippen molar-refractivity contribution in [3.8, 4) is 11.5 Å². The summed E-state index contributed by atoms with van der Waals surface area (Å²) < 4.78 is 28.3. The number of aromatic hydroxyl groups is 1. The van der Waals surface area contributed by atoms with Gasteiger partial charge in [-0.2, -0.15) is 8.42 Å². The van der Waals surface area contributed by atoms with Gasteiger partial charge >= 0.3 is 10.1 Å². The van der Waals surface area contributed by atoms with Gasteiger partial charge in [0.05, 0.1) is 11.2 Å². The molecule has 0 aromatic heterocycles. The van der Waals surface area contributed by atoms with Gasteiger partial charge in [-0.05, 0) is 210 Å². The van der Waals surface area contributed by atoms with Gasteiger partial charge in [-0.15, -0.1) is 0 Å². The molecule has 3 aliphatic rings. The molecule has 3 fully saturated rings. The van der Waals surface area contributed by atoms with Crippen LogP contribution >= 0.6 is 0 Å². The Hall–Kier alpha value is -9.37. The van der Waals surface area contributed by atoms with E-state index in [0.29, 0.717) is 38.1 Å². The zero-order valence-corrected chi connectivity index (χ0v) is 63.0. The minimum atomic E-state index is -3.61. The molecule has 9 aromatic carbocycles. The third kappa shape index (κ3) is 23.1. The number of piperazine rings is 3. The number of nitrogens with zero attached hydrogens (tertiary/aromatic N) is 7. The lowest BCUT2D eigenvalue weighted by molar-refractivity contribution is -0.384. The van der Waals surface area contributed by atoms with Crippen LogP contribution in [0.3, 0.4) is 0 Å². The molecule has 12 rings (SSSR count). The number of hydrogen-bond acceptors (Lipinski definition) is 15. The zero-order chi connectivity index (χ0) is 74.8. The largest absolute Gasteiger partial charge is 0.508 e. The molecule has 17 heteroatoms. The molecule has 0 unspecified atom stereocenters. The average molecular weight is 1450 g/mol. The normalized spacial score (nSPS) is 15.7. The minimum Gasteiger partial charge on any atom is -0.508 e. The Balaban J connectivity index is 0.000000171. The fourth-order valence-corrected chi connectivity index (χ4v) is 14.6. The molecule has 0 radical (unpaired) electrons. The zero-order valence-electron chi connectivity index (χ0n) is 62.2. The number of aliphatic hydroxyl groups is 3. The number of benzene rings is 9. The highest BCUT2D eigenvalue weighted by Gasteiger charge is 2.24. The van der Waals surface area contributed by atoms with E-state index in [1.165, 1.54) is 22.4 Å². The first-order valence-electron chi connectivity index (χ1n) is 37.3. The standard InChI is InChI=1S/C31H38N2O4S.C29H33N3O3.C29H34N2O2/c1-24(2)32-19-21-33(22-20-32)28-15-11-26(12-16-28)31(27-13-17-29(18-14-27)37-38(3,35)36)30(10-7-23-34)25-8-5-4-6-9-25;1-30-17-19-31(20-18-30)22-23-9-11-25(12-10-23)29(26-13-15-27(16-14-26)32(34)35)28(8-5-21-33)24-6-3-2-4-7-24;1-30-17-19-31(20-18-30)22-23-9-11-25(12-10-23)29(26-13-15-27(33)16-14-26)28(8-5-21-32)24-6-3-2-4-7-24/h4-6,8-9,11-18,24,34H,7,10,19-23H2,1-3H3;2-4,6-7,9-16,33H,5,8,17-22H2,1H3;2-4,6-7,9-16,32-33H,5,8,17-22H2,1H3/b31-30+;2*29-28+. The predicted octanol–water partition coefficient (Wildman–Crippen LogP) is 15.2. The van der Waals surface area contributed by atoms with Crippen LogP contribution in [-0.4, -0.2) is 183 Å². The molecule has 0 atom stereocenters. The van der Waals surface area contributed by atoms with Gasteiger partial charge in [0.2, 0.25) is 0 Å². The van der Waals surface area contributed by atoms with Crippen molar-refractivity contribution in [2.24, 2.45) is 0 Å². The first kappa shape index (κ1) is 79.2. The van der Waals surface area contributed by atoms with Crippen molar-refractivity contribution in [1.29, 1.82) is 0 Å². The molecule has 16 nitrogen and oxygen atoms in total. The summed E-state index contributed by atoms with van der Waals surface area (Å²) in [4.78, 5) is 25.5. The molecule has 0 spiro atoms. The molecular formula is C89H105N7O9S. The van der Waals surface area contributed by atoms with Crippen molar-refractivity contribution in [2.75, 3.05) is 124 Å². The number of hydrogen-bond donors (Lipinski definition) is 4. The minimum absolute atomic E-state index is 0.0762. The van der Waals surface area contributed by atoms with E-state index in [0.717, 1.165) is 182 Å². The quantitative estimate of drug-likeness (QED) is 0.0165. The van der Waals surface area contributed by atoms with Gasteiger partial charge in [-0.3, -0.25) is 24.8 Å². The third-order valence-corrected chi connectivity index (χ3v) is 20.5. The third-order valence-electron chi connectivity index (χ3n) is 20.0. The topological polar surface area (TPSA) is 187 Å². The van der Waals surface area contributed by atoms with Crippen molar-refractivity contribution < 1.29 is 38.0 Å². The summed E-state index contributed by atoms with van der Waals surface area (Å²) in [7, 11) is 0.746. The second kappa shape index (κ2) is 39.8.